The maximum atomic E-state index is 15.1. The number of ether oxygens (including phenoxy) is 2. The number of phenolic OH excluding ortho intramolecular Hbond substituents is 1. The molecule has 3 amide bonds. The minimum absolute atomic E-state index is 0.0328. The molecule has 10 nitrogen and oxygen atoms in total. The van der Waals surface area contributed by atoms with Crippen molar-refractivity contribution in [3.63, 3.8) is 0 Å². The number of hydrogen-bond acceptors (Lipinski definition) is 7. The largest absolute Gasteiger partial charge is 0.508 e. The summed E-state index contributed by atoms with van der Waals surface area (Å²) in [6.45, 7) is 12.7. The Hall–Kier alpha value is -5.30. The molecule has 3 aromatic rings. The molecule has 3 N–H and O–H groups in total. The summed E-state index contributed by atoms with van der Waals surface area (Å²) in [7, 11) is 0. The van der Waals surface area contributed by atoms with E-state index < -0.39 is 53.2 Å². The van der Waals surface area contributed by atoms with Gasteiger partial charge in [0.1, 0.15) is 35.1 Å². The smallest absolute Gasteiger partial charge is 0.408 e. The predicted molar refractivity (Wildman–Crippen MR) is 215 cm³/mol. The van der Waals surface area contributed by atoms with E-state index in [9.17, 15) is 19.5 Å². The molecule has 10 heteroatoms. The van der Waals surface area contributed by atoms with Crippen molar-refractivity contribution in [1.82, 2.24) is 15.5 Å². The molecule has 3 unspecified atom stereocenters. The summed E-state index contributed by atoms with van der Waals surface area (Å²) < 4.78 is 11.4. The monoisotopic (exact) mass is 753 g/mol. The lowest BCUT2D eigenvalue weighted by Gasteiger charge is -2.36. The number of terminal acetylenes is 1. The van der Waals surface area contributed by atoms with Gasteiger partial charge in [-0.25, -0.2) is 9.59 Å². The zero-order chi connectivity index (χ0) is 40.6. The average Bonchev–Trinajstić information content (AvgIpc) is 3.11. The maximum Gasteiger partial charge on any atom is 0.408 e. The van der Waals surface area contributed by atoms with E-state index in [1.807, 2.05) is 30.3 Å². The molecule has 0 fully saturated rings. The van der Waals surface area contributed by atoms with Gasteiger partial charge in [-0.3, -0.25) is 9.59 Å². The molecule has 0 aliphatic carbocycles. The first-order valence-corrected chi connectivity index (χ1v) is 19.2. The number of carbonyl (C=O) groups excluding carboxylic acids is 4. The van der Waals surface area contributed by atoms with Crippen LogP contribution in [-0.4, -0.2) is 63.7 Å². The molecule has 3 rings (SSSR count). The zero-order valence-corrected chi connectivity index (χ0v) is 33.5. The van der Waals surface area contributed by atoms with Gasteiger partial charge in [0.15, 0.2) is 0 Å². The number of hydrogen-bond donors (Lipinski definition) is 3. The van der Waals surface area contributed by atoms with E-state index in [-0.39, 0.29) is 25.1 Å². The Morgan fingerprint density at radius 2 is 1.29 bits per heavy atom. The Morgan fingerprint density at radius 3 is 1.91 bits per heavy atom. The van der Waals surface area contributed by atoms with E-state index in [0.29, 0.717) is 23.1 Å². The number of esters is 1. The van der Waals surface area contributed by atoms with Gasteiger partial charge in [-0.1, -0.05) is 106 Å². The summed E-state index contributed by atoms with van der Waals surface area (Å²) in [4.78, 5) is 58.5. The SMILES string of the molecule is C#Cc1ccccc1C(C(=O)NC(Cc1ccccc1)C(=O)OC(C)(C)C)N(CCCCCCCC)C(=O)C(Cc1ccc(O)cc1)NC(=O)OC(C)(C)C. The second-order valence-electron chi connectivity index (χ2n) is 15.8. The number of rotatable bonds is 18. The van der Waals surface area contributed by atoms with Crippen LogP contribution in [0.3, 0.4) is 0 Å². The van der Waals surface area contributed by atoms with Gasteiger partial charge in [0.25, 0.3) is 0 Å². The first-order chi connectivity index (χ1) is 26.0. The summed E-state index contributed by atoms with van der Waals surface area (Å²) in [6, 6.07) is 18.9. The fraction of sp³-hybridized carbons (Fsp3) is 0.467. The molecular formula is C45H59N3O7. The number of unbranched alkanes of at least 4 members (excludes halogenated alkanes) is 5. The molecule has 3 atom stereocenters. The van der Waals surface area contributed by atoms with E-state index in [1.54, 1.807) is 77.9 Å². The fourth-order valence-electron chi connectivity index (χ4n) is 6.13. The van der Waals surface area contributed by atoms with E-state index in [0.717, 1.165) is 37.7 Å². The van der Waals surface area contributed by atoms with Crippen LogP contribution in [0.4, 0.5) is 4.79 Å². The van der Waals surface area contributed by atoms with Crippen LogP contribution in [0, 0.1) is 12.3 Å². The quantitative estimate of drug-likeness (QED) is 0.0686. The number of phenols is 1. The third kappa shape index (κ3) is 15.2. The first kappa shape index (κ1) is 44.1. The summed E-state index contributed by atoms with van der Waals surface area (Å²) in [5.74, 6) is 0.921. The van der Waals surface area contributed by atoms with Crippen LogP contribution in [0.2, 0.25) is 0 Å². The Bertz CT molecular complexity index is 1740. The van der Waals surface area contributed by atoms with Crippen molar-refractivity contribution in [2.45, 2.75) is 129 Å². The number of amides is 3. The van der Waals surface area contributed by atoms with Crippen molar-refractivity contribution in [2.75, 3.05) is 6.54 Å². The highest BCUT2D eigenvalue weighted by Crippen LogP contribution is 2.28. The van der Waals surface area contributed by atoms with Crippen LogP contribution in [0.15, 0.2) is 78.9 Å². The van der Waals surface area contributed by atoms with E-state index >= 15 is 4.79 Å². The molecule has 0 aliphatic rings. The lowest BCUT2D eigenvalue weighted by atomic mass is 9.95. The van der Waals surface area contributed by atoms with Crippen molar-refractivity contribution in [2.24, 2.45) is 0 Å². The molecule has 0 bridgehead atoms. The summed E-state index contributed by atoms with van der Waals surface area (Å²) >= 11 is 0. The molecular weight excluding hydrogens is 695 g/mol. The summed E-state index contributed by atoms with van der Waals surface area (Å²) in [5.41, 5.74) is 0.568. The maximum absolute atomic E-state index is 15.1. The van der Waals surface area contributed by atoms with Gasteiger partial charge in [0, 0.05) is 24.9 Å². The molecule has 0 spiro atoms. The number of alkyl carbamates (subject to hydrolysis) is 1. The van der Waals surface area contributed by atoms with Crippen molar-refractivity contribution < 1.29 is 33.8 Å². The second kappa shape index (κ2) is 21.0. The summed E-state index contributed by atoms with van der Waals surface area (Å²) in [6.07, 6.45) is 10.9. The number of nitrogens with one attached hydrogen (secondary N) is 2. The molecule has 0 radical (unpaired) electrons. The van der Waals surface area contributed by atoms with Crippen LogP contribution in [0.25, 0.3) is 0 Å². The minimum atomic E-state index is -1.29. The van der Waals surface area contributed by atoms with Crippen LogP contribution in [-0.2, 0) is 36.7 Å². The highest BCUT2D eigenvalue weighted by atomic mass is 16.6. The van der Waals surface area contributed by atoms with Crippen LogP contribution < -0.4 is 10.6 Å². The molecule has 0 saturated carbocycles. The third-order valence-corrected chi connectivity index (χ3v) is 8.66. The van der Waals surface area contributed by atoms with E-state index in [2.05, 4.69) is 23.5 Å². The molecule has 55 heavy (non-hydrogen) atoms. The van der Waals surface area contributed by atoms with Crippen molar-refractivity contribution in [3.8, 4) is 18.1 Å². The van der Waals surface area contributed by atoms with Crippen LogP contribution >= 0.6 is 0 Å². The average molecular weight is 754 g/mol. The fourth-order valence-corrected chi connectivity index (χ4v) is 6.13. The van der Waals surface area contributed by atoms with Gasteiger partial charge in [0.05, 0.1) is 0 Å². The van der Waals surface area contributed by atoms with Crippen LogP contribution in [0.5, 0.6) is 5.75 Å². The number of aromatic hydroxyl groups is 1. The predicted octanol–water partition coefficient (Wildman–Crippen LogP) is 7.81. The lowest BCUT2D eigenvalue weighted by Crippen LogP contribution is -2.55. The highest BCUT2D eigenvalue weighted by Gasteiger charge is 2.39. The molecule has 296 valence electrons. The lowest BCUT2D eigenvalue weighted by molar-refractivity contribution is -0.159. The van der Waals surface area contributed by atoms with Gasteiger partial charge in [-0.05, 0) is 82.9 Å². The highest BCUT2D eigenvalue weighted by molar-refractivity contribution is 5.94. The van der Waals surface area contributed by atoms with Gasteiger partial charge in [-0.15, -0.1) is 6.42 Å². The molecule has 0 saturated heterocycles. The van der Waals surface area contributed by atoms with Crippen molar-refractivity contribution in [1.29, 1.82) is 0 Å². The summed E-state index contributed by atoms with van der Waals surface area (Å²) in [5, 5.41) is 15.7. The minimum Gasteiger partial charge on any atom is -0.508 e. The number of benzene rings is 3. The Kier molecular flexibility index (Phi) is 16.8. The van der Waals surface area contributed by atoms with Crippen LogP contribution in [0.1, 0.15) is 115 Å². The second-order valence-corrected chi connectivity index (χ2v) is 15.8. The standard InChI is InChI=1S/C45H59N3O7/c1-9-11-12-13-14-20-29-48(41(51)37(47-43(53)55-45(6,7)8)30-33-25-27-35(49)28-26-33)39(36-24-19-18-23-34(36)10-2)40(50)46-38(42(52)54-44(3,4)5)31-32-21-16-15-17-22-32/h2,15-19,21-28,37-39,49H,9,11-14,20,29-31H2,1,3-8H3,(H,46,50)(H,47,53). The number of carbonyl (C=O) groups is 4. The molecule has 3 aromatic carbocycles. The van der Waals surface area contributed by atoms with Gasteiger partial charge in [-0.2, -0.15) is 0 Å². The van der Waals surface area contributed by atoms with Gasteiger partial charge in [0.2, 0.25) is 11.8 Å². The van der Waals surface area contributed by atoms with Gasteiger partial charge < -0.3 is 30.1 Å². The number of nitrogens with zero attached hydrogens (tertiary/aromatic N) is 1. The zero-order valence-electron chi connectivity index (χ0n) is 33.5. The Morgan fingerprint density at radius 1 is 0.727 bits per heavy atom. The Labute approximate surface area is 327 Å². The van der Waals surface area contributed by atoms with Crippen molar-refractivity contribution >= 4 is 23.9 Å². The van der Waals surface area contributed by atoms with Crippen molar-refractivity contribution in [3.05, 3.63) is 101 Å². The van der Waals surface area contributed by atoms with E-state index in [1.165, 1.54) is 17.0 Å². The van der Waals surface area contributed by atoms with E-state index in [4.69, 9.17) is 15.9 Å². The first-order valence-electron chi connectivity index (χ1n) is 19.2. The topological polar surface area (TPSA) is 134 Å². The molecule has 0 aliphatic heterocycles. The van der Waals surface area contributed by atoms with Gasteiger partial charge >= 0.3 is 12.1 Å². The molecule has 0 heterocycles. The Balaban J connectivity index is 2.17. The molecule has 0 aromatic heterocycles. The normalized spacial score (nSPS) is 13.1. The third-order valence-electron chi connectivity index (χ3n) is 8.66.